The second-order valence-electron chi connectivity index (χ2n) is 9.41. The van der Waals surface area contributed by atoms with Gasteiger partial charge in [-0.25, -0.2) is 9.97 Å². The predicted molar refractivity (Wildman–Crippen MR) is 179 cm³/mol. The van der Waals surface area contributed by atoms with Crippen LogP contribution in [0.5, 0.6) is 0 Å². The van der Waals surface area contributed by atoms with Gasteiger partial charge in [0.15, 0.2) is 18.9 Å². The van der Waals surface area contributed by atoms with Crippen molar-refractivity contribution in [2.45, 2.75) is 21.5 Å². The van der Waals surface area contributed by atoms with Crippen LogP contribution in [0.3, 0.4) is 0 Å². The lowest BCUT2D eigenvalue weighted by molar-refractivity contribution is -0.115. The number of hydrogen-bond acceptors (Lipinski definition) is 10. The molecule has 12 heteroatoms. The van der Waals surface area contributed by atoms with Crippen LogP contribution in [0.1, 0.15) is 33.6 Å². The Hall–Kier alpha value is -4.36. The number of fused-ring (bicyclic) bond motifs is 2. The molecule has 0 aliphatic rings. The summed E-state index contributed by atoms with van der Waals surface area (Å²) in [6.45, 7) is 0. The summed E-state index contributed by atoms with van der Waals surface area (Å²) in [6.07, 6.45) is 0.123. The zero-order chi connectivity index (χ0) is 30.5. The third-order valence-corrected chi connectivity index (χ3v) is 10.3. The number of benzene rings is 4. The van der Waals surface area contributed by atoms with E-state index in [0.717, 1.165) is 32.9 Å². The van der Waals surface area contributed by atoms with Gasteiger partial charge in [0.25, 0.3) is 11.8 Å². The van der Waals surface area contributed by atoms with Gasteiger partial charge < -0.3 is 10.6 Å². The SMILES string of the molecule is O=C(CCC(=O)Sc1nc2ccc(C(=O)Nc3ccccc3)cc2s1)Sc1nc2ccc(C(=O)Nc3ccccc3)cc2s1. The van der Waals surface area contributed by atoms with Gasteiger partial charge in [0.1, 0.15) is 0 Å². The van der Waals surface area contributed by atoms with Crippen molar-refractivity contribution in [1.29, 1.82) is 0 Å². The van der Waals surface area contributed by atoms with Gasteiger partial charge in [-0.15, -0.1) is 22.7 Å². The molecule has 0 unspecified atom stereocenters. The zero-order valence-electron chi connectivity index (χ0n) is 22.8. The molecule has 0 aliphatic heterocycles. The van der Waals surface area contributed by atoms with Crippen LogP contribution in [0.2, 0.25) is 0 Å². The monoisotopic (exact) mass is 654 g/mol. The highest BCUT2D eigenvalue weighted by molar-refractivity contribution is 8.15. The second-order valence-corrected chi connectivity index (χ2v) is 14.1. The average molecular weight is 655 g/mol. The van der Waals surface area contributed by atoms with Gasteiger partial charge in [-0.1, -0.05) is 36.4 Å². The van der Waals surface area contributed by atoms with E-state index in [2.05, 4.69) is 20.6 Å². The number of thioether (sulfide) groups is 2. The number of nitrogens with zero attached hydrogens (tertiary/aromatic N) is 2. The summed E-state index contributed by atoms with van der Waals surface area (Å²) in [5.41, 5.74) is 3.80. The predicted octanol–water partition coefficient (Wildman–Crippen LogP) is 8.13. The van der Waals surface area contributed by atoms with E-state index in [1.165, 1.54) is 22.7 Å². The molecule has 0 bridgehead atoms. The number of carbonyl (C=O) groups is 4. The normalized spacial score (nSPS) is 11.0. The van der Waals surface area contributed by atoms with Crippen molar-refractivity contribution in [3.05, 3.63) is 108 Å². The number of nitrogens with one attached hydrogen (secondary N) is 2. The highest BCUT2D eigenvalue weighted by atomic mass is 32.2. The van der Waals surface area contributed by atoms with Crippen molar-refractivity contribution in [2.75, 3.05) is 10.6 Å². The van der Waals surface area contributed by atoms with E-state index in [-0.39, 0.29) is 34.9 Å². The standard InChI is InChI=1S/C32H22N4O4S4/c37-27(43-31-35-23-13-11-19(17-25(23)41-31)29(39)33-21-7-3-1-4-8-21)15-16-28(38)44-32-36-24-14-12-20(18-26(24)42-32)30(40)34-22-9-5-2-6-10-22/h1-14,17-18H,15-16H2,(H,33,39)(H,34,40). The Morgan fingerprint density at radius 2 is 0.977 bits per heavy atom. The van der Waals surface area contributed by atoms with E-state index in [1.807, 2.05) is 60.7 Å². The Kier molecular flexibility index (Phi) is 9.12. The van der Waals surface area contributed by atoms with Gasteiger partial charge in [0.05, 0.1) is 20.4 Å². The molecule has 4 aromatic carbocycles. The number of para-hydroxylation sites is 2. The maximum atomic E-state index is 12.7. The highest BCUT2D eigenvalue weighted by Gasteiger charge is 2.17. The Morgan fingerprint density at radius 3 is 1.39 bits per heavy atom. The third kappa shape index (κ3) is 7.40. The van der Waals surface area contributed by atoms with E-state index in [4.69, 9.17) is 0 Å². The molecule has 0 aliphatic carbocycles. The first-order valence-electron chi connectivity index (χ1n) is 13.3. The molecule has 0 spiro atoms. The molecule has 0 fully saturated rings. The van der Waals surface area contributed by atoms with Crippen LogP contribution in [0.15, 0.2) is 106 Å². The number of aromatic nitrogens is 2. The number of anilines is 2. The first-order chi connectivity index (χ1) is 21.4. The van der Waals surface area contributed by atoms with E-state index in [0.29, 0.717) is 42.2 Å². The van der Waals surface area contributed by atoms with Crippen molar-refractivity contribution in [3.63, 3.8) is 0 Å². The average Bonchev–Trinajstić information content (AvgIpc) is 3.62. The van der Waals surface area contributed by atoms with Crippen LogP contribution in [-0.4, -0.2) is 32.0 Å². The fourth-order valence-electron chi connectivity index (χ4n) is 4.13. The lowest BCUT2D eigenvalue weighted by Gasteiger charge is -2.04. The fourth-order valence-corrected chi connectivity index (χ4v) is 8.12. The van der Waals surface area contributed by atoms with Crippen molar-refractivity contribution >= 4 is 100 Å². The van der Waals surface area contributed by atoms with Gasteiger partial charge in [-0.2, -0.15) is 0 Å². The molecule has 2 heterocycles. The van der Waals surface area contributed by atoms with Crippen LogP contribution in [0, 0.1) is 0 Å². The number of rotatable bonds is 9. The summed E-state index contributed by atoms with van der Waals surface area (Å²) >= 11 is 4.66. The summed E-state index contributed by atoms with van der Waals surface area (Å²) in [7, 11) is 0. The molecular formula is C32H22N4O4S4. The van der Waals surface area contributed by atoms with Crippen molar-refractivity contribution in [3.8, 4) is 0 Å². The smallest absolute Gasteiger partial charge is 0.255 e. The molecule has 0 saturated heterocycles. The Balaban J connectivity index is 1.01. The molecule has 8 nitrogen and oxygen atoms in total. The maximum Gasteiger partial charge on any atom is 0.255 e. The molecule has 0 atom stereocenters. The lowest BCUT2D eigenvalue weighted by Crippen LogP contribution is -2.11. The van der Waals surface area contributed by atoms with Crippen LogP contribution in [0.4, 0.5) is 11.4 Å². The molecule has 0 saturated carbocycles. The number of amides is 2. The Labute approximate surface area is 268 Å². The van der Waals surface area contributed by atoms with Gasteiger partial charge >= 0.3 is 0 Å². The first-order valence-corrected chi connectivity index (χ1v) is 16.6. The van der Waals surface area contributed by atoms with E-state index < -0.39 is 0 Å². The largest absolute Gasteiger partial charge is 0.322 e. The van der Waals surface area contributed by atoms with E-state index >= 15 is 0 Å². The molecule has 2 amide bonds. The summed E-state index contributed by atoms with van der Waals surface area (Å²) in [5, 5.41) is 5.39. The summed E-state index contributed by atoms with van der Waals surface area (Å²) in [5.74, 6) is -0.454. The fraction of sp³-hybridized carbons (Fsp3) is 0.0625. The summed E-state index contributed by atoms with van der Waals surface area (Å²) in [6, 6.07) is 28.9. The molecule has 6 rings (SSSR count). The molecule has 218 valence electrons. The molecular weight excluding hydrogens is 633 g/mol. The lowest BCUT2D eigenvalue weighted by atomic mass is 10.2. The third-order valence-electron chi connectivity index (χ3n) is 6.26. The second kappa shape index (κ2) is 13.5. The van der Waals surface area contributed by atoms with Crippen LogP contribution >= 0.6 is 46.2 Å². The zero-order valence-corrected chi connectivity index (χ0v) is 26.1. The summed E-state index contributed by atoms with van der Waals surface area (Å²) < 4.78 is 2.71. The summed E-state index contributed by atoms with van der Waals surface area (Å²) in [4.78, 5) is 59.6. The van der Waals surface area contributed by atoms with E-state index in [9.17, 15) is 19.2 Å². The van der Waals surface area contributed by atoms with E-state index in [1.54, 1.807) is 36.4 Å². The Morgan fingerprint density at radius 1 is 0.568 bits per heavy atom. The quantitative estimate of drug-likeness (QED) is 0.150. The number of carbonyl (C=O) groups excluding carboxylic acids is 4. The Bertz CT molecular complexity index is 1860. The van der Waals surface area contributed by atoms with Crippen LogP contribution in [0.25, 0.3) is 20.4 Å². The first kappa shape index (κ1) is 29.7. The van der Waals surface area contributed by atoms with Crippen molar-refractivity contribution in [2.24, 2.45) is 0 Å². The van der Waals surface area contributed by atoms with Crippen molar-refractivity contribution < 1.29 is 19.2 Å². The molecule has 44 heavy (non-hydrogen) atoms. The minimum absolute atomic E-state index is 0.0614. The van der Waals surface area contributed by atoms with Crippen molar-refractivity contribution in [1.82, 2.24) is 9.97 Å². The van der Waals surface area contributed by atoms with Gasteiger partial charge in [-0.3, -0.25) is 19.2 Å². The number of thiazole rings is 2. The minimum Gasteiger partial charge on any atom is -0.322 e. The molecule has 0 radical (unpaired) electrons. The number of hydrogen-bond donors (Lipinski definition) is 2. The highest BCUT2D eigenvalue weighted by Crippen LogP contribution is 2.34. The topological polar surface area (TPSA) is 118 Å². The van der Waals surface area contributed by atoms with Gasteiger partial charge in [-0.05, 0) is 84.2 Å². The van der Waals surface area contributed by atoms with Crippen LogP contribution in [-0.2, 0) is 9.59 Å². The van der Waals surface area contributed by atoms with Crippen LogP contribution < -0.4 is 10.6 Å². The minimum atomic E-state index is -0.227. The molecule has 2 aromatic heterocycles. The maximum absolute atomic E-state index is 12.7. The van der Waals surface area contributed by atoms with Gasteiger partial charge in [0, 0.05) is 35.3 Å². The molecule has 6 aromatic rings. The van der Waals surface area contributed by atoms with Gasteiger partial charge in [0.2, 0.25) is 0 Å². The molecule has 2 N–H and O–H groups in total.